The van der Waals surface area contributed by atoms with Gasteiger partial charge in [-0.1, -0.05) is 6.07 Å². The highest BCUT2D eigenvalue weighted by Crippen LogP contribution is 2.26. The summed E-state index contributed by atoms with van der Waals surface area (Å²) in [5.41, 5.74) is 3.09. The van der Waals surface area contributed by atoms with Crippen molar-refractivity contribution in [2.45, 2.75) is 32.6 Å². The van der Waals surface area contributed by atoms with Gasteiger partial charge in [0.2, 0.25) is 0 Å². The van der Waals surface area contributed by atoms with Crippen LogP contribution in [0.3, 0.4) is 0 Å². The van der Waals surface area contributed by atoms with Gasteiger partial charge in [-0.3, -0.25) is 9.40 Å². The lowest BCUT2D eigenvalue weighted by Gasteiger charge is -2.13. The second-order valence-corrected chi connectivity index (χ2v) is 7.38. The SMILES string of the molecule is COC(=O)c1nn(C)c(C)c1NS(=O)(=O)c1cc(C)c(C)cc1C. The van der Waals surface area contributed by atoms with Crippen molar-refractivity contribution in [3.63, 3.8) is 0 Å². The van der Waals surface area contributed by atoms with E-state index in [4.69, 9.17) is 0 Å². The number of hydrogen-bond acceptors (Lipinski definition) is 5. The third-order valence-corrected chi connectivity index (χ3v) is 5.52. The fourth-order valence-electron chi connectivity index (χ4n) is 2.38. The minimum Gasteiger partial charge on any atom is -0.464 e. The zero-order valence-corrected chi connectivity index (χ0v) is 15.4. The smallest absolute Gasteiger partial charge is 0.360 e. The minimum atomic E-state index is -3.87. The Morgan fingerprint density at radius 2 is 1.71 bits per heavy atom. The molecule has 0 aliphatic heterocycles. The second kappa shape index (κ2) is 6.27. The summed E-state index contributed by atoms with van der Waals surface area (Å²) in [4.78, 5) is 12.0. The van der Waals surface area contributed by atoms with E-state index < -0.39 is 16.0 Å². The Hall–Kier alpha value is -2.35. The van der Waals surface area contributed by atoms with Gasteiger partial charge in [0, 0.05) is 7.05 Å². The van der Waals surface area contributed by atoms with E-state index in [2.05, 4.69) is 14.6 Å². The summed E-state index contributed by atoms with van der Waals surface area (Å²) in [7, 11) is -1.02. The molecule has 0 saturated heterocycles. The Balaban J connectivity index is 2.55. The van der Waals surface area contributed by atoms with Crippen LogP contribution in [0.25, 0.3) is 0 Å². The summed E-state index contributed by atoms with van der Waals surface area (Å²) in [5.74, 6) is -0.701. The quantitative estimate of drug-likeness (QED) is 0.853. The molecule has 1 aromatic carbocycles. The van der Waals surface area contributed by atoms with Crippen LogP contribution in [0.1, 0.15) is 32.9 Å². The lowest BCUT2D eigenvalue weighted by atomic mass is 10.1. The molecule has 2 aromatic rings. The summed E-state index contributed by atoms with van der Waals surface area (Å²) in [6.07, 6.45) is 0. The van der Waals surface area contributed by atoms with Crippen LogP contribution in [0.5, 0.6) is 0 Å². The Kier molecular flexibility index (Phi) is 4.70. The summed E-state index contributed by atoms with van der Waals surface area (Å²) < 4.78 is 34.2. The van der Waals surface area contributed by atoms with Gasteiger partial charge in [-0.25, -0.2) is 13.2 Å². The van der Waals surface area contributed by atoms with Gasteiger partial charge in [-0.15, -0.1) is 0 Å². The molecule has 8 heteroatoms. The summed E-state index contributed by atoms with van der Waals surface area (Å²) in [6, 6.07) is 3.44. The van der Waals surface area contributed by atoms with E-state index in [1.54, 1.807) is 27.0 Å². The van der Waals surface area contributed by atoms with Crippen LogP contribution in [0.15, 0.2) is 17.0 Å². The van der Waals surface area contributed by atoms with E-state index in [1.807, 2.05) is 19.9 Å². The highest BCUT2D eigenvalue weighted by Gasteiger charge is 2.26. The highest BCUT2D eigenvalue weighted by molar-refractivity contribution is 7.92. The summed E-state index contributed by atoms with van der Waals surface area (Å²) in [5, 5.41) is 4.03. The molecule has 0 aliphatic rings. The molecule has 1 N–H and O–H groups in total. The van der Waals surface area contributed by atoms with Crippen molar-refractivity contribution in [2.75, 3.05) is 11.8 Å². The third-order valence-electron chi connectivity index (χ3n) is 4.03. The zero-order valence-electron chi connectivity index (χ0n) is 14.6. The van der Waals surface area contributed by atoms with Gasteiger partial charge in [0.05, 0.1) is 17.7 Å². The van der Waals surface area contributed by atoms with Crippen molar-refractivity contribution in [3.8, 4) is 0 Å². The molecule has 1 aromatic heterocycles. The number of esters is 1. The van der Waals surface area contributed by atoms with E-state index in [1.165, 1.54) is 11.8 Å². The summed E-state index contributed by atoms with van der Waals surface area (Å²) in [6.45, 7) is 7.18. The van der Waals surface area contributed by atoms with E-state index in [0.29, 0.717) is 11.3 Å². The minimum absolute atomic E-state index is 0.0671. The Morgan fingerprint density at radius 1 is 1.12 bits per heavy atom. The maximum Gasteiger partial charge on any atom is 0.360 e. The first-order valence-corrected chi connectivity index (χ1v) is 8.79. The second-order valence-electron chi connectivity index (χ2n) is 5.73. The first-order valence-electron chi connectivity index (χ1n) is 7.31. The van der Waals surface area contributed by atoms with E-state index in [9.17, 15) is 13.2 Å². The number of anilines is 1. The molecular formula is C16H21N3O4S. The molecule has 0 unspecified atom stereocenters. The van der Waals surface area contributed by atoms with Crippen LogP contribution < -0.4 is 4.72 Å². The molecule has 0 bridgehead atoms. The average molecular weight is 351 g/mol. The fraction of sp³-hybridized carbons (Fsp3) is 0.375. The van der Waals surface area contributed by atoms with Crippen LogP contribution >= 0.6 is 0 Å². The largest absolute Gasteiger partial charge is 0.464 e. The van der Waals surface area contributed by atoms with Gasteiger partial charge in [0.25, 0.3) is 10.0 Å². The van der Waals surface area contributed by atoms with Crippen molar-refractivity contribution in [2.24, 2.45) is 7.05 Å². The van der Waals surface area contributed by atoms with Crippen molar-refractivity contribution in [1.82, 2.24) is 9.78 Å². The first kappa shape index (κ1) is 18.0. The van der Waals surface area contributed by atoms with Crippen molar-refractivity contribution in [3.05, 3.63) is 40.2 Å². The molecule has 0 saturated carbocycles. The van der Waals surface area contributed by atoms with E-state index in [-0.39, 0.29) is 16.3 Å². The van der Waals surface area contributed by atoms with Crippen LogP contribution in [-0.4, -0.2) is 31.3 Å². The van der Waals surface area contributed by atoms with Crippen LogP contribution in [0.2, 0.25) is 0 Å². The Bertz CT molecular complexity index is 914. The lowest BCUT2D eigenvalue weighted by molar-refractivity contribution is 0.0594. The number of carbonyl (C=O) groups excluding carboxylic acids is 1. The number of benzene rings is 1. The van der Waals surface area contributed by atoms with Gasteiger partial charge in [-0.2, -0.15) is 5.10 Å². The average Bonchev–Trinajstić information content (AvgIpc) is 2.77. The molecule has 130 valence electrons. The molecule has 0 spiro atoms. The van der Waals surface area contributed by atoms with Crippen molar-refractivity contribution >= 4 is 21.7 Å². The molecule has 0 aliphatic carbocycles. The molecule has 7 nitrogen and oxygen atoms in total. The van der Waals surface area contributed by atoms with Gasteiger partial charge in [-0.05, 0) is 50.5 Å². The van der Waals surface area contributed by atoms with E-state index in [0.717, 1.165) is 11.1 Å². The monoisotopic (exact) mass is 351 g/mol. The maximum absolute atomic E-state index is 12.8. The fourth-order valence-corrected chi connectivity index (χ4v) is 3.82. The zero-order chi connectivity index (χ0) is 18.2. The number of sulfonamides is 1. The standard InChI is InChI=1S/C16H21N3O4S/c1-9-7-11(3)13(8-10(9)2)24(21,22)18-14-12(4)19(5)17-15(14)16(20)23-6/h7-8,18H,1-6H3. The number of ether oxygens (including phenoxy) is 1. The van der Waals surface area contributed by atoms with Gasteiger partial charge in [0.1, 0.15) is 5.69 Å². The molecule has 1 heterocycles. The number of carbonyl (C=O) groups is 1. The molecule has 24 heavy (non-hydrogen) atoms. The Morgan fingerprint density at radius 3 is 2.29 bits per heavy atom. The molecule has 2 rings (SSSR count). The molecule has 0 amide bonds. The van der Waals surface area contributed by atoms with E-state index >= 15 is 0 Å². The Labute approximate surface area is 141 Å². The van der Waals surface area contributed by atoms with Gasteiger partial charge in [0.15, 0.2) is 5.69 Å². The number of aromatic nitrogens is 2. The number of nitrogens with one attached hydrogen (secondary N) is 1. The molecular weight excluding hydrogens is 330 g/mol. The highest BCUT2D eigenvalue weighted by atomic mass is 32.2. The molecule has 0 atom stereocenters. The van der Waals surface area contributed by atoms with Crippen LogP contribution in [-0.2, 0) is 21.8 Å². The normalized spacial score (nSPS) is 11.4. The van der Waals surface area contributed by atoms with Crippen LogP contribution in [0.4, 0.5) is 5.69 Å². The first-order chi connectivity index (χ1) is 11.1. The number of aryl methyl sites for hydroxylation is 4. The maximum atomic E-state index is 12.8. The van der Waals surface area contributed by atoms with Crippen molar-refractivity contribution < 1.29 is 17.9 Å². The summed E-state index contributed by atoms with van der Waals surface area (Å²) >= 11 is 0. The van der Waals surface area contributed by atoms with Gasteiger partial charge < -0.3 is 4.74 Å². The molecule has 0 fully saturated rings. The predicted octanol–water partition coefficient (Wildman–Crippen LogP) is 2.24. The number of nitrogens with zero attached hydrogens (tertiary/aromatic N) is 2. The number of rotatable bonds is 4. The molecule has 0 radical (unpaired) electrons. The number of methoxy groups -OCH3 is 1. The topological polar surface area (TPSA) is 90.3 Å². The number of hydrogen-bond donors (Lipinski definition) is 1. The van der Waals surface area contributed by atoms with Crippen molar-refractivity contribution in [1.29, 1.82) is 0 Å². The third kappa shape index (κ3) is 3.14. The predicted molar refractivity (Wildman–Crippen MR) is 90.7 cm³/mol. The lowest BCUT2D eigenvalue weighted by Crippen LogP contribution is -2.17. The van der Waals surface area contributed by atoms with Gasteiger partial charge >= 0.3 is 5.97 Å². The van der Waals surface area contributed by atoms with Crippen LogP contribution in [0, 0.1) is 27.7 Å².